The lowest BCUT2D eigenvalue weighted by molar-refractivity contribution is 0.00666. The second-order valence-corrected chi connectivity index (χ2v) is 8.65. The summed E-state index contributed by atoms with van der Waals surface area (Å²) in [7, 11) is -3.66. The molecule has 0 amide bonds. The van der Waals surface area contributed by atoms with Gasteiger partial charge in [-0.3, -0.25) is 4.98 Å². The lowest BCUT2D eigenvalue weighted by Crippen LogP contribution is -2.43. The van der Waals surface area contributed by atoms with Gasteiger partial charge in [0.2, 0.25) is 10.0 Å². The molecule has 1 aromatic carbocycles. The first-order valence-electron chi connectivity index (χ1n) is 9.08. The zero-order valence-corrected chi connectivity index (χ0v) is 16.0. The van der Waals surface area contributed by atoms with Crippen LogP contribution in [0.1, 0.15) is 18.5 Å². The lowest BCUT2D eigenvalue weighted by atomic mass is 10.1. The lowest BCUT2D eigenvalue weighted by Gasteiger charge is -2.31. The largest absolute Gasteiger partial charge is 0.423 e. The van der Waals surface area contributed by atoms with Crippen LogP contribution in [0.5, 0.6) is 0 Å². The number of pyridine rings is 1. The van der Waals surface area contributed by atoms with Crippen LogP contribution in [0.15, 0.2) is 68.8 Å². The van der Waals surface area contributed by atoms with E-state index in [1.54, 1.807) is 12.3 Å². The molecule has 0 spiro atoms. The quantitative estimate of drug-likeness (QED) is 0.612. The van der Waals surface area contributed by atoms with Crippen molar-refractivity contribution < 1.29 is 17.6 Å². The van der Waals surface area contributed by atoms with Crippen LogP contribution in [0.4, 0.5) is 0 Å². The fraction of sp³-hybridized carbons (Fsp3) is 0.300. The van der Waals surface area contributed by atoms with E-state index in [0.717, 1.165) is 18.5 Å². The molecule has 1 aliphatic rings. The van der Waals surface area contributed by atoms with Crippen LogP contribution in [-0.2, 0) is 21.4 Å². The molecule has 0 saturated carbocycles. The first-order chi connectivity index (χ1) is 13.5. The molecule has 1 unspecified atom stereocenters. The third-order valence-corrected chi connectivity index (χ3v) is 6.62. The number of piperidine rings is 1. The van der Waals surface area contributed by atoms with Gasteiger partial charge in [0, 0.05) is 30.7 Å². The van der Waals surface area contributed by atoms with Gasteiger partial charge < -0.3 is 9.15 Å². The maximum absolute atomic E-state index is 13.1. The summed E-state index contributed by atoms with van der Waals surface area (Å²) in [6.07, 6.45) is 3.07. The Morgan fingerprint density at radius 2 is 2.07 bits per heavy atom. The number of fused-ring (bicyclic) bond motifs is 1. The fourth-order valence-corrected chi connectivity index (χ4v) is 4.85. The number of hydrogen-bond donors (Lipinski definition) is 0. The minimum absolute atomic E-state index is 0.177. The molecule has 3 heterocycles. The Morgan fingerprint density at radius 1 is 1.18 bits per heavy atom. The molecule has 146 valence electrons. The van der Waals surface area contributed by atoms with Gasteiger partial charge in [0.1, 0.15) is 5.58 Å². The van der Waals surface area contributed by atoms with E-state index in [0.29, 0.717) is 30.7 Å². The van der Waals surface area contributed by atoms with E-state index in [2.05, 4.69) is 4.98 Å². The minimum Gasteiger partial charge on any atom is -0.423 e. The third kappa shape index (κ3) is 3.99. The molecule has 3 aromatic rings. The summed E-state index contributed by atoms with van der Waals surface area (Å²) in [6.45, 7) is 1.11. The summed E-state index contributed by atoms with van der Waals surface area (Å²) >= 11 is 0. The highest BCUT2D eigenvalue weighted by Gasteiger charge is 2.31. The van der Waals surface area contributed by atoms with Crippen LogP contribution in [0.25, 0.3) is 11.0 Å². The summed E-state index contributed by atoms with van der Waals surface area (Å²) in [6, 6.07) is 13.0. The highest BCUT2D eigenvalue weighted by Crippen LogP contribution is 2.25. The van der Waals surface area contributed by atoms with Gasteiger partial charge in [0.25, 0.3) is 0 Å². The van der Waals surface area contributed by atoms with Gasteiger partial charge in [-0.05, 0) is 49.2 Å². The van der Waals surface area contributed by atoms with Gasteiger partial charge in [0.05, 0.1) is 23.3 Å². The maximum atomic E-state index is 13.1. The summed E-state index contributed by atoms with van der Waals surface area (Å²) in [5, 5.41) is 0.570. The number of aromatic nitrogens is 1. The average molecular weight is 400 g/mol. The molecule has 7 nitrogen and oxygen atoms in total. The molecule has 1 atom stereocenters. The van der Waals surface area contributed by atoms with Crippen molar-refractivity contribution in [1.82, 2.24) is 9.29 Å². The van der Waals surface area contributed by atoms with Crippen LogP contribution in [-0.4, -0.2) is 36.9 Å². The van der Waals surface area contributed by atoms with Gasteiger partial charge in [0.15, 0.2) is 0 Å². The third-order valence-electron chi connectivity index (χ3n) is 4.76. The van der Waals surface area contributed by atoms with Crippen molar-refractivity contribution in [3.8, 4) is 0 Å². The van der Waals surface area contributed by atoms with Crippen molar-refractivity contribution in [1.29, 1.82) is 0 Å². The molecule has 1 fully saturated rings. The standard InChI is InChI=1S/C20H20N2O5S/c23-20-9-6-15-12-18(7-8-19(15)27-20)28(24,25)22-11-3-5-17(13-22)26-14-16-4-1-2-10-21-16/h1-2,4,6-10,12,17H,3,5,11,13-14H2. The molecule has 0 bridgehead atoms. The van der Waals surface area contributed by atoms with Gasteiger partial charge in [-0.2, -0.15) is 4.31 Å². The second-order valence-electron chi connectivity index (χ2n) is 6.71. The molecule has 1 saturated heterocycles. The smallest absolute Gasteiger partial charge is 0.336 e. The predicted molar refractivity (Wildman–Crippen MR) is 103 cm³/mol. The van der Waals surface area contributed by atoms with Gasteiger partial charge in [-0.25, -0.2) is 13.2 Å². The van der Waals surface area contributed by atoms with E-state index >= 15 is 0 Å². The first kappa shape index (κ1) is 18.8. The molecular weight excluding hydrogens is 380 g/mol. The van der Waals surface area contributed by atoms with Crippen molar-refractivity contribution >= 4 is 21.0 Å². The van der Waals surface area contributed by atoms with Crippen molar-refractivity contribution in [2.45, 2.75) is 30.4 Å². The fourth-order valence-electron chi connectivity index (χ4n) is 3.31. The molecule has 4 rings (SSSR count). The first-order valence-corrected chi connectivity index (χ1v) is 10.5. The molecule has 0 N–H and O–H groups in total. The van der Waals surface area contributed by atoms with Crippen molar-refractivity contribution in [3.05, 3.63) is 70.8 Å². The van der Waals surface area contributed by atoms with Gasteiger partial charge in [-0.1, -0.05) is 6.07 Å². The van der Waals surface area contributed by atoms with E-state index in [-0.39, 0.29) is 11.0 Å². The molecule has 0 radical (unpaired) electrons. The highest BCUT2D eigenvalue weighted by atomic mass is 32.2. The second kappa shape index (κ2) is 7.83. The minimum atomic E-state index is -3.66. The van der Waals surface area contributed by atoms with Crippen molar-refractivity contribution in [2.24, 2.45) is 0 Å². The van der Waals surface area contributed by atoms with Crippen molar-refractivity contribution in [2.75, 3.05) is 13.1 Å². The van der Waals surface area contributed by atoms with Crippen LogP contribution < -0.4 is 5.63 Å². The zero-order valence-electron chi connectivity index (χ0n) is 15.2. The molecular formula is C20H20N2O5S. The number of nitrogens with zero attached hydrogens (tertiary/aromatic N) is 2. The number of hydrogen-bond acceptors (Lipinski definition) is 6. The van der Waals surface area contributed by atoms with Crippen LogP contribution in [0, 0.1) is 0 Å². The van der Waals surface area contributed by atoms with E-state index < -0.39 is 15.6 Å². The van der Waals surface area contributed by atoms with E-state index in [9.17, 15) is 13.2 Å². The summed E-state index contributed by atoms with van der Waals surface area (Å²) in [5.41, 5.74) is 0.715. The van der Waals surface area contributed by atoms with Crippen LogP contribution >= 0.6 is 0 Å². The topological polar surface area (TPSA) is 89.7 Å². The zero-order chi connectivity index (χ0) is 19.6. The highest BCUT2D eigenvalue weighted by molar-refractivity contribution is 7.89. The molecule has 8 heteroatoms. The van der Waals surface area contributed by atoms with Gasteiger partial charge >= 0.3 is 5.63 Å². The summed E-state index contributed by atoms with van der Waals surface area (Å²) in [5.74, 6) is 0. The number of sulfonamides is 1. The molecule has 1 aliphatic heterocycles. The number of rotatable bonds is 5. The van der Waals surface area contributed by atoms with Crippen LogP contribution in [0.3, 0.4) is 0 Å². The molecule has 2 aromatic heterocycles. The SMILES string of the molecule is O=c1ccc2cc(S(=O)(=O)N3CCCC(OCc4ccccn4)C3)ccc2o1. The Bertz CT molecular complexity index is 1130. The normalized spacial score (nSPS) is 18.4. The number of ether oxygens (including phenoxy) is 1. The molecule has 0 aliphatic carbocycles. The Morgan fingerprint density at radius 3 is 2.89 bits per heavy atom. The predicted octanol–water partition coefficient (Wildman–Crippen LogP) is 2.56. The molecule has 28 heavy (non-hydrogen) atoms. The Labute approximate surface area is 162 Å². The van der Waals surface area contributed by atoms with E-state index in [1.165, 1.54) is 28.6 Å². The number of benzene rings is 1. The van der Waals surface area contributed by atoms with E-state index in [1.807, 2.05) is 18.2 Å². The Kier molecular flexibility index (Phi) is 5.25. The summed E-state index contributed by atoms with van der Waals surface area (Å²) < 4.78 is 38.6. The average Bonchev–Trinajstić information content (AvgIpc) is 2.73. The van der Waals surface area contributed by atoms with Gasteiger partial charge in [-0.15, -0.1) is 0 Å². The summed E-state index contributed by atoms with van der Waals surface area (Å²) in [4.78, 5) is 15.7. The monoisotopic (exact) mass is 400 g/mol. The Hall–Kier alpha value is -2.55. The maximum Gasteiger partial charge on any atom is 0.336 e. The van der Waals surface area contributed by atoms with E-state index in [4.69, 9.17) is 9.15 Å². The van der Waals surface area contributed by atoms with Crippen LogP contribution in [0.2, 0.25) is 0 Å². The van der Waals surface area contributed by atoms with Crippen molar-refractivity contribution in [3.63, 3.8) is 0 Å². The Balaban J connectivity index is 1.50.